The molecule has 6 heteroatoms. The normalized spacial score (nSPS) is 16.2. The Morgan fingerprint density at radius 2 is 1.84 bits per heavy atom. The molecular weight excluding hydrogens is 266 g/mol. The van der Waals surface area contributed by atoms with Gasteiger partial charge in [-0.25, -0.2) is 8.42 Å². The smallest absolute Gasteiger partial charge is 0.175 e. The predicted octanol–water partition coefficient (Wildman–Crippen LogP) is 1.31. The van der Waals surface area contributed by atoms with Crippen LogP contribution in [0.5, 0.6) is 11.5 Å². The van der Waals surface area contributed by atoms with Crippen molar-refractivity contribution in [3.05, 3.63) is 17.7 Å². The topological polar surface area (TPSA) is 78.6 Å². The lowest BCUT2D eigenvalue weighted by atomic mass is 9.97. The summed E-state index contributed by atoms with van der Waals surface area (Å²) in [5.41, 5.74) is 6.31. The average Bonchev–Trinajstić information content (AvgIpc) is 2.36. The third-order valence-corrected chi connectivity index (χ3v) is 4.36. The van der Waals surface area contributed by atoms with Gasteiger partial charge in [0.1, 0.15) is 13.2 Å². The monoisotopic (exact) mass is 285 g/mol. The first kappa shape index (κ1) is 14.1. The Morgan fingerprint density at radius 1 is 1.26 bits per heavy atom. The highest BCUT2D eigenvalue weighted by molar-refractivity contribution is 7.90. The van der Waals surface area contributed by atoms with E-state index in [1.54, 1.807) is 12.1 Å². The zero-order valence-corrected chi connectivity index (χ0v) is 12.0. The number of nitrogens with two attached hydrogens (primary N) is 1. The van der Waals surface area contributed by atoms with Crippen molar-refractivity contribution in [1.29, 1.82) is 0 Å². The highest BCUT2D eigenvalue weighted by atomic mass is 32.2. The maximum atomic E-state index is 11.9. The standard InChI is InChI=1S/C13H19NO4S/c1-9(3-4-14)10-7-11-12(18-6-5-17-11)8-13(10)19(2,15)16/h7-9H,3-6,14H2,1-2H3. The second-order valence-corrected chi connectivity index (χ2v) is 6.77. The Bertz CT molecular complexity index is 568. The van der Waals surface area contributed by atoms with Crippen molar-refractivity contribution in [3.8, 4) is 11.5 Å². The molecule has 1 aliphatic heterocycles. The Hall–Kier alpha value is -1.27. The van der Waals surface area contributed by atoms with Crippen LogP contribution in [0.3, 0.4) is 0 Å². The quantitative estimate of drug-likeness (QED) is 0.902. The molecule has 0 amide bonds. The first-order valence-corrected chi connectivity index (χ1v) is 8.16. The van der Waals surface area contributed by atoms with Crippen LogP contribution in [0.4, 0.5) is 0 Å². The van der Waals surface area contributed by atoms with Crippen LogP contribution in [0.25, 0.3) is 0 Å². The van der Waals surface area contributed by atoms with E-state index in [0.29, 0.717) is 36.2 Å². The van der Waals surface area contributed by atoms with E-state index in [0.717, 1.165) is 12.0 Å². The SMILES string of the molecule is CC(CCN)c1cc2c(cc1S(C)(=O)=O)OCCO2. The minimum atomic E-state index is -3.31. The second kappa shape index (κ2) is 5.38. The molecule has 2 N–H and O–H groups in total. The van der Waals surface area contributed by atoms with Gasteiger partial charge in [0.15, 0.2) is 21.3 Å². The molecule has 5 nitrogen and oxygen atoms in total. The van der Waals surface area contributed by atoms with Gasteiger partial charge in [0.05, 0.1) is 4.90 Å². The number of fused-ring (bicyclic) bond motifs is 1. The van der Waals surface area contributed by atoms with Gasteiger partial charge in [-0.15, -0.1) is 0 Å². The molecule has 0 bridgehead atoms. The van der Waals surface area contributed by atoms with Crippen molar-refractivity contribution < 1.29 is 17.9 Å². The van der Waals surface area contributed by atoms with Gasteiger partial charge in [0.2, 0.25) is 0 Å². The molecule has 1 aromatic carbocycles. The number of hydrogen-bond acceptors (Lipinski definition) is 5. The second-order valence-electron chi connectivity index (χ2n) is 4.78. The first-order valence-electron chi connectivity index (χ1n) is 6.27. The lowest BCUT2D eigenvalue weighted by Crippen LogP contribution is -2.17. The Morgan fingerprint density at radius 3 is 2.37 bits per heavy atom. The zero-order chi connectivity index (χ0) is 14.0. The fourth-order valence-electron chi connectivity index (χ4n) is 2.20. The van der Waals surface area contributed by atoms with E-state index in [4.69, 9.17) is 15.2 Å². The van der Waals surface area contributed by atoms with Gasteiger partial charge in [-0.1, -0.05) is 6.92 Å². The molecule has 0 aliphatic carbocycles. The van der Waals surface area contributed by atoms with Gasteiger partial charge < -0.3 is 15.2 Å². The van der Waals surface area contributed by atoms with Crippen LogP contribution in [0, 0.1) is 0 Å². The van der Waals surface area contributed by atoms with E-state index < -0.39 is 9.84 Å². The number of rotatable bonds is 4. The lowest BCUT2D eigenvalue weighted by molar-refractivity contribution is 0.170. The Labute approximate surface area is 113 Å². The van der Waals surface area contributed by atoms with Gasteiger partial charge >= 0.3 is 0 Å². The van der Waals surface area contributed by atoms with Crippen LogP contribution < -0.4 is 15.2 Å². The van der Waals surface area contributed by atoms with Gasteiger partial charge in [0, 0.05) is 12.3 Å². The van der Waals surface area contributed by atoms with E-state index in [2.05, 4.69) is 0 Å². The third-order valence-electron chi connectivity index (χ3n) is 3.20. The van der Waals surface area contributed by atoms with E-state index in [1.165, 1.54) is 6.26 Å². The summed E-state index contributed by atoms with van der Waals surface area (Å²) in [6, 6.07) is 3.33. The van der Waals surface area contributed by atoms with Crippen LogP contribution in [0.1, 0.15) is 24.8 Å². The van der Waals surface area contributed by atoms with Crippen LogP contribution in [0.2, 0.25) is 0 Å². The van der Waals surface area contributed by atoms with E-state index in [9.17, 15) is 8.42 Å². The minimum Gasteiger partial charge on any atom is -0.486 e. The number of benzene rings is 1. The maximum absolute atomic E-state index is 11.9. The van der Waals surface area contributed by atoms with Gasteiger partial charge in [0.25, 0.3) is 0 Å². The molecule has 1 unspecified atom stereocenters. The van der Waals surface area contributed by atoms with Crippen molar-refractivity contribution in [2.75, 3.05) is 26.0 Å². The fraction of sp³-hybridized carbons (Fsp3) is 0.538. The fourth-order valence-corrected chi connectivity index (χ4v) is 3.21. The molecule has 2 rings (SSSR count). The average molecular weight is 285 g/mol. The highest BCUT2D eigenvalue weighted by Gasteiger charge is 2.23. The summed E-state index contributed by atoms with van der Waals surface area (Å²) >= 11 is 0. The zero-order valence-electron chi connectivity index (χ0n) is 11.2. The summed E-state index contributed by atoms with van der Waals surface area (Å²) in [5, 5.41) is 0. The first-order chi connectivity index (χ1) is 8.93. The summed E-state index contributed by atoms with van der Waals surface area (Å²) in [6.07, 6.45) is 1.93. The molecule has 1 aliphatic rings. The molecule has 0 saturated carbocycles. The highest BCUT2D eigenvalue weighted by Crippen LogP contribution is 2.38. The van der Waals surface area contributed by atoms with Crippen LogP contribution >= 0.6 is 0 Å². The molecule has 0 radical (unpaired) electrons. The van der Waals surface area contributed by atoms with Crippen molar-refractivity contribution in [1.82, 2.24) is 0 Å². The predicted molar refractivity (Wildman–Crippen MR) is 72.6 cm³/mol. The number of sulfone groups is 1. The molecule has 0 aromatic heterocycles. The van der Waals surface area contributed by atoms with Crippen molar-refractivity contribution in [3.63, 3.8) is 0 Å². The van der Waals surface area contributed by atoms with Gasteiger partial charge in [-0.3, -0.25) is 0 Å². The van der Waals surface area contributed by atoms with Gasteiger partial charge in [-0.2, -0.15) is 0 Å². The van der Waals surface area contributed by atoms with Crippen molar-refractivity contribution in [2.24, 2.45) is 5.73 Å². The molecular formula is C13H19NO4S. The summed E-state index contributed by atoms with van der Waals surface area (Å²) < 4.78 is 34.8. The van der Waals surface area contributed by atoms with E-state index in [-0.39, 0.29) is 5.92 Å². The molecule has 1 heterocycles. The summed E-state index contributed by atoms with van der Waals surface area (Å²) in [4.78, 5) is 0.303. The molecule has 0 spiro atoms. The van der Waals surface area contributed by atoms with Crippen molar-refractivity contribution in [2.45, 2.75) is 24.2 Å². The maximum Gasteiger partial charge on any atom is 0.175 e. The van der Waals surface area contributed by atoms with Gasteiger partial charge in [-0.05, 0) is 30.5 Å². The number of hydrogen-bond donors (Lipinski definition) is 1. The summed E-state index contributed by atoms with van der Waals surface area (Å²) in [5.74, 6) is 1.17. The van der Waals surface area contributed by atoms with E-state index in [1.807, 2.05) is 6.92 Å². The van der Waals surface area contributed by atoms with Crippen LogP contribution in [0.15, 0.2) is 17.0 Å². The largest absolute Gasteiger partial charge is 0.486 e. The number of ether oxygens (including phenoxy) is 2. The van der Waals surface area contributed by atoms with E-state index >= 15 is 0 Å². The molecule has 0 fully saturated rings. The van der Waals surface area contributed by atoms with Crippen LogP contribution in [-0.2, 0) is 9.84 Å². The molecule has 1 aromatic rings. The minimum absolute atomic E-state index is 0.0607. The third kappa shape index (κ3) is 3.01. The molecule has 0 saturated heterocycles. The summed E-state index contributed by atoms with van der Waals surface area (Å²) in [7, 11) is -3.31. The summed E-state index contributed by atoms with van der Waals surface area (Å²) in [6.45, 7) is 3.40. The molecule has 1 atom stereocenters. The van der Waals surface area contributed by atoms with Crippen molar-refractivity contribution >= 4 is 9.84 Å². The lowest BCUT2D eigenvalue weighted by Gasteiger charge is -2.22. The van der Waals surface area contributed by atoms with Crippen LogP contribution in [-0.4, -0.2) is 34.4 Å². The Balaban J connectivity index is 2.55. The molecule has 19 heavy (non-hydrogen) atoms. The molecule has 106 valence electrons. The Kier molecular flexibility index (Phi) is 4.01.